The zero-order chi connectivity index (χ0) is 17.8. The summed E-state index contributed by atoms with van der Waals surface area (Å²) in [7, 11) is 0. The van der Waals surface area contributed by atoms with Crippen LogP contribution in [0.4, 0.5) is 16.4 Å². The second-order valence-electron chi connectivity index (χ2n) is 7.30. The van der Waals surface area contributed by atoms with Crippen LogP contribution in [0.15, 0.2) is 12.1 Å². The molecule has 8 nitrogen and oxygen atoms in total. The molecule has 2 saturated heterocycles. The highest BCUT2D eigenvalue weighted by molar-refractivity contribution is 5.88. The van der Waals surface area contributed by atoms with Gasteiger partial charge < -0.3 is 19.7 Å². The Labute approximate surface area is 153 Å². The van der Waals surface area contributed by atoms with Gasteiger partial charge in [-0.15, -0.1) is 10.2 Å². The Morgan fingerprint density at radius 3 is 2.46 bits per heavy atom. The summed E-state index contributed by atoms with van der Waals surface area (Å²) in [5, 5.41) is 14.2. The largest absolute Gasteiger partial charge is 0.355 e. The van der Waals surface area contributed by atoms with Gasteiger partial charge in [-0.25, -0.2) is 4.79 Å². The predicted octanol–water partition coefficient (Wildman–Crippen LogP) is 2.27. The number of ether oxygens (including phenoxy) is 2. The van der Waals surface area contributed by atoms with Gasteiger partial charge in [0, 0.05) is 32.0 Å². The molecular formula is C18H27N5O3. The Hall–Kier alpha value is -1.93. The summed E-state index contributed by atoms with van der Waals surface area (Å²) in [6.45, 7) is 3.01. The SMILES string of the molecule is O=C(Nc1ccc(N2CCC3(CC2)OCCO3)nn1)NC1CCCCC1. The van der Waals surface area contributed by atoms with Crippen LogP contribution >= 0.6 is 0 Å². The molecule has 1 saturated carbocycles. The third kappa shape index (κ3) is 4.07. The first-order valence-electron chi connectivity index (χ1n) is 9.67. The Bertz CT molecular complexity index is 602. The molecule has 0 bridgehead atoms. The van der Waals surface area contributed by atoms with Crippen LogP contribution < -0.4 is 15.5 Å². The molecule has 1 spiro atoms. The molecule has 4 rings (SSSR count). The summed E-state index contributed by atoms with van der Waals surface area (Å²) in [6.07, 6.45) is 7.42. The number of carbonyl (C=O) groups excluding carboxylic acids is 1. The number of rotatable bonds is 3. The van der Waals surface area contributed by atoms with Crippen LogP contribution in [0.5, 0.6) is 0 Å². The Kier molecular flexibility index (Phi) is 5.21. The number of aromatic nitrogens is 2. The number of piperidine rings is 1. The van der Waals surface area contributed by atoms with Crippen LogP contribution in [0, 0.1) is 0 Å². The van der Waals surface area contributed by atoms with Gasteiger partial charge in [0.1, 0.15) is 0 Å². The zero-order valence-corrected chi connectivity index (χ0v) is 15.1. The third-order valence-corrected chi connectivity index (χ3v) is 5.50. The molecule has 26 heavy (non-hydrogen) atoms. The second-order valence-corrected chi connectivity index (χ2v) is 7.30. The van der Waals surface area contributed by atoms with E-state index in [4.69, 9.17) is 9.47 Å². The van der Waals surface area contributed by atoms with Gasteiger partial charge in [0.15, 0.2) is 17.4 Å². The van der Waals surface area contributed by atoms with Crippen LogP contribution in [0.3, 0.4) is 0 Å². The molecule has 2 N–H and O–H groups in total. The molecule has 1 aromatic rings. The fourth-order valence-corrected chi connectivity index (χ4v) is 4.01. The first kappa shape index (κ1) is 17.5. The third-order valence-electron chi connectivity index (χ3n) is 5.50. The van der Waals surface area contributed by atoms with E-state index in [0.29, 0.717) is 19.0 Å². The van der Waals surface area contributed by atoms with Crippen LogP contribution in [0.2, 0.25) is 0 Å². The molecule has 3 aliphatic rings. The van der Waals surface area contributed by atoms with E-state index in [9.17, 15) is 4.79 Å². The standard InChI is InChI=1S/C18H27N5O3/c24-17(19-14-4-2-1-3-5-14)20-15-6-7-16(22-21-15)23-10-8-18(9-11-23)25-12-13-26-18/h6-7,14H,1-5,8-13H2,(H2,19,20,21,24). The quantitative estimate of drug-likeness (QED) is 0.859. The predicted molar refractivity (Wildman–Crippen MR) is 97.1 cm³/mol. The van der Waals surface area contributed by atoms with Crippen LogP contribution in [-0.4, -0.2) is 54.4 Å². The van der Waals surface area contributed by atoms with Gasteiger partial charge in [-0.1, -0.05) is 19.3 Å². The maximum Gasteiger partial charge on any atom is 0.320 e. The van der Waals surface area contributed by atoms with Crippen molar-refractivity contribution in [2.45, 2.75) is 56.8 Å². The first-order valence-corrected chi connectivity index (χ1v) is 9.67. The normalized spacial score (nSPS) is 23.2. The molecule has 1 aliphatic carbocycles. The van der Waals surface area contributed by atoms with Gasteiger partial charge in [0.05, 0.1) is 13.2 Å². The molecule has 8 heteroatoms. The van der Waals surface area contributed by atoms with Crippen LogP contribution in [-0.2, 0) is 9.47 Å². The van der Waals surface area contributed by atoms with Crippen molar-refractivity contribution in [1.29, 1.82) is 0 Å². The van der Waals surface area contributed by atoms with Gasteiger partial charge in [-0.3, -0.25) is 5.32 Å². The lowest BCUT2D eigenvalue weighted by molar-refractivity contribution is -0.169. The minimum absolute atomic E-state index is 0.200. The van der Waals surface area contributed by atoms with Gasteiger partial charge in [-0.05, 0) is 25.0 Å². The summed E-state index contributed by atoms with van der Waals surface area (Å²) in [5.41, 5.74) is 0. The van der Waals surface area contributed by atoms with Crippen LogP contribution in [0.1, 0.15) is 44.9 Å². The van der Waals surface area contributed by atoms with Gasteiger partial charge in [0.25, 0.3) is 0 Å². The number of nitrogens with one attached hydrogen (secondary N) is 2. The fraction of sp³-hybridized carbons (Fsp3) is 0.722. The van der Waals surface area contributed by atoms with Crippen LogP contribution in [0.25, 0.3) is 0 Å². The molecule has 2 amide bonds. The van der Waals surface area contributed by atoms with E-state index in [1.807, 2.05) is 6.07 Å². The average Bonchev–Trinajstić information content (AvgIpc) is 3.12. The Balaban J connectivity index is 1.27. The highest BCUT2D eigenvalue weighted by Crippen LogP contribution is 2.32. The van der Waals surface area contributed by atoms with Gasteiger partial charge in [0.2, 0.25) is 0 Å². The monoisotopic (exact) mass is 361 g/mol. The molecule has 0 radical (unpaired) electrons. The van der Waals surface area contributed by atoms with E-state index < -0.39 is 0 Å². The van der Waals surface area contributed by atoms with E-state index in [2.05, 4.69) is 25.7 Å². The molecule has 3 heterocycles. The van der Waals surface area contributed by atoms with Crippen molar-refractivity contribution >= 4 is 17.7 Å². The molecule has 0 unspecified atom stereocenters. The smallest absolute Gasteiger partial charge is 0.320 e. The van der Waals surface area contributed by atoms with Crippen molar-refractivity contribution in [3.63, 3.8) is 0 Å². The molecule has 0 atom stereocenters. The lowest BCUT2D eigenvalue weighted by atomic mass is 9.96. The number of hydrogen-bond acceptors (Lipinski definition) is 6. The summed E-state index contributed by atoms with van der Waals surface area (Å²) in [5.74, 6) is 0.900. The molecule has 0 aromatic carbocycles. The molecule has 1 aromatic heterocycles. The van der Waals surface area contributed by atoms with E-state index in [1.54, 1.807) is 6.07 Å². The van der Waals surface area contributed by atoms with Crippen molar-refractivity contribution in [2.24, 2.45) is 0 Å². The number of anilines is 2. The van der Waals surface area contributed by atoms with Crippen molar-refractivity contribution in [1.82, 2.24) is 15.5 Å². The topological polar surface area (TPSA) is 88.6 Å². The number of amides is 2. The Morgan fingerprint density at radius 1 is 1.08 bits per heavy atom. The second kappa shape index (κ2) is 7.75. The highest BCUT2D eigenvalue weighted by Gasteiger charge is 2.40. The highest BCUT2D eigenvalue weighted by atomic mass is 16.7. The maximum atomic E-state index is 12.1. The lowest BCUT2D eigenvalue weighted by Crippen LogP contribution is -2.45. The van der Waals surface area contributed by atoms with E-state index >= 15 is 0 Å². The average molecular weight is 361 g/mol. The Morgan fingerprint density at radius 2 is 1.81 bits per heavy atom. The van der Waals surface area contributed by atoms with Crippen molar-refractivity contribution in [2.75, 3.05) is 36.5 Å². The molecular weight excluding hydrogens is 334 g/mol. The van der Waals surface area contributed by atoms with Crippen molar-refractivity contribution < 1.29 is 14.3 Å². The number of carbonyl (C=O) groups is 1. The number of urea groups is 1. The maximum absolute atomic E-state index is 12.1. The van der Waals surface area contributed by atoms with Crippen molar-refractivity contribution in [3.8, 4) is 0 Å². The minimum Gasteiger partial charge on any atom is -0.355 e. The van der Waals surface area contributed by atoms with E-state index in [0.717, 1.165) is 44.6 Å². The van der Waals surface area contributed by atoms with Crippen molar-refractivity contribution in [3.05, 3.63) is 12.1 Å². The summed E-state index contributed by atoms with van der Waals surface area (Å²) < 4.78 is 11.5. The number of nitrogens with zero attached hydrogens (tertiary/aromatic N) is 3. The van der Waals surface area contributed by atoms with E-state index in [1.165, 1.54) is 19.3 Å². The summed E-state index contributed by atoms with van der Waals surface area (Å²) in [4.78, 5) is 14.3. The van der Waals surface area contributed by atoms with E-state index in [-0.39, 0.29) is 17.9 Å². The fourth-order valence-electron chi connectivity index (χ4n) is 4.01. The minimum atomic E-state index is -0.386. The lowest BCUT2D eigenvalue weighted by Gasteiger charge is -2.37. The molecule has 3 fully saturated rings. The summed E-state index contributed by atoms with van der Waals surface area (Å²) in [6, 6.07) is 3.78. The number of hydrogen-bond donors (Lipinski definition) is 2. The van der Waals surface area contributed by atoms with Gasteiger partial charge >= 0.3 is 6.03 Å². The molecule has 142 valence electrons. The molecule has 2 aliphatic heterocycles. The zero-order valence-electron chi connectivity index (χ0n) is 15.1. The first-order chi connectivity index (χ1) is 12.7. The van der Waals surface area contributed by atoms with Gasteiger partial charge in [-0.2, -0.15) is 0 Å². The summed E-state index contributed by atoms with van der Waals surface area (Å²) >= 11 is 0.